The molecular weight excluding hydrogens is 341 g/mol. The van der Waals surface area contributed by atoms with Crippen molar-refractivity contribution in [2.75, 3.05) is 6.61 Å². The molecule has 0 saturated heterocycles. The van der Waals surface area contributed by atoms with Crippen LogP contribution < -0.4 is 5.32 Å². The molecule has 0 fully saturated rings. The molecule has 0 spiro atoms. The number of hydrogen-bond donors (Lipinski definition) is 1. The average molecular weight is 356 g/mol. The molecular formula is C16H15Cl2NO4. The number of carbonyl (C=O) groups is 2. The minimum atomic E-state index is -0.608. The van der Waals surface area contributed by atoms with Crippen LogP contribution in [0.15, 0.2) is 34.9 Å². The van der Waals surface area contributed by atoms with E-state index in [1.54, 1.807) is 32.0 Å². The van der Waals surface area contributed by atoms with E-state index in [0.29, 0.717) is 21.4 Å². The molecule has 0 saturated carbocycles. The van der Waals surface area contributed by atoms with E-state index in [4.69, 9.17) is 32.4 Å². The second kappa shape index (κ2) is 7.53. The monoisotopic (exact) mass is 355 g/mol. The van der Waals surface area contributed by atoms with Crippen molar-refractivity contribution in [3.63, 3.8) is 0 Å². The molecule has 122 valence electrons. The van der Waals surface area contributed by atoms with Crippen molar-refractivity contribution in [3.05, 3.63) is 57.5 Å². The Bertz CT molecular complexity index is 727. The third kappa shape index (κ3) is 4.50. The van der Waals surface area contributed by atoms with Gasteiger partial charge in [-0.2, -0.15) is 0 Å². The molecule has 0 radical (unpaired) electrons. The van der Waals surface area contributed by atoms with Crippen LogP contribution in [-0.2, 0) is 9.53 Å². The molecule has 1 amide bonds. The Kier molecular flexibility index (Phi) is 5.69. The summed E-state index contributed by atoms with van der Waals surface area (Å²) in [6.07, 6.45) is 1.39. The molecule has 1 atom stereocenters. The van der Waals surface area contributed by atoms with Crippen LogP contribution in [0.25, 0.3) is 0 Å². The van der Waals surface area contributed by atoms with Gasteiger partial charge in [0.2, 0.25) is 0 Å². The molecule has 7 heteroatoms. The molecule has 2 aromatic rings. The minimum Gasteiger partial charge on any atom is -0.469 e. The third-order valence-electron chi connectivity index (χ3n) is 3.22. The Balaban J connectivity index is 1.89. The second-order valence-electron chi connectivity index (χ2n) is 4.92. The van der Waals surface area contributed by atoms with Gasteiger partial charge in [0.1, 0.15) is 11.3 Å². The number of aryl methyl sites for hydroxylation is 1. The summed E-state index contributed by atoms with van der Waals surface area (Å²) >= 11 is 11.9. The van der Waals surface area contributed by atoms with Crippen LogP contribution in [-0.4, -0.2) is 18.5 Å². The normalized spacial score (nSPS) is 11.8. The first-order valence-electron chi connectivity index (χ1n) is 6.84. The van der Waals surface area contributed by atoms with Crippen molar-refractivity contribution in [2.45, 2.75) is 19.9 Å². The molecule has 1 aromatic carbocycles. The molecule has 1 heterocycles. The quantitative estimate of drug-likeness (QED) is 0.825. The topological polar surface area (TPSA) is 68.5 Å². The zero-order valence-corrected chi connectivity index (χ0v) is 14.1. The Labute approximate surface area is 143 Å². The number of ether oxygens (including phenoxy) is 1. The number of rotatable bonds is 5. The molecule has 1 aromatic heterocycles. The Morgan fingerprint density at radius 1 is 1.30 bits per heavy atom. The fourth-order valence-corrected chi connectivity index (χ4v) is 2.59. The van der Waals surface area contributed by atoms with Gasteiger partial charge in [0.05, 0.1) is 12.3 Å². The van der Waals surface area contributed by atoms with Crippen LogP contribution in [0.3, 0.4) is 0 Å². The van der Waals surface area contributed by atoms with Crippen LogP contribution in [0, 0.1) is 6.92 Å². The maximum atomic E-state index is 11.9. The molecule has 1 N–H and O–H groups in total. The van der Waals surface area contributed by atoms with Gasteiger partial charge in [0, 0.05) is 10.0 Å². The number of nitrogens with one attached hydrogen (secondary N) is 1. The van der Waals surface area contributed by atoms with Crippen LogP contribution in [0.5, 0.6) is 0 Å². The highest BCUT2D eigenvalue weighted by atomic mass is 35.5. The van der Waals surface area contributed by atoms with E-state index >= 15 is 0 Å². The van der Waals surface area contributed by atoms with E-state index in [9.17, 15) is 9.59 Å². The third-order valence-corrected chi connectivity index (χ3v) is 3.78. The number of hydrogen-bond acceptors (Lipinski definition) is 4. The highest BCUT2D eigenvalue weighted by Gasteiger charge is 2.17. The van der Waals surface area contributed by atoms with E-state index in [0.717, 1.165) is 5.56 Å². The summed E-state index contributed by atoms with van der Waals surface area (Å²) in [6.45, 7) is 3.02. The Hall–Kier alpha value is -1.98. The maximum Gasteiger partial charge on any atom is 0.342 e. The zero-order chi connectivity index (χ0) is 17.0. The number of amides is 1. The van der Waals surface area contributed by atoms with Crippen LogP contribution in [0.2, 0.25) is 10.0 Å². The lowest BCUT2D eigenvalue weighted by Gasteiger charge is -2.16. The highest BCUT2D eigenvalue weighted by Crippen LogP contribution is 2.26. The smallest absolute Gasteiger partial charge is 0.342 e. The number of halogens is 2. The summed E-state index contributed by atoms with van der Waals surface area (Å²) < 4.78 is 9.96. The fraction of sp³-hybridized carbons (Fsp3) is 0.250. The SMILES string of the molecule is Cc1occc1C(=O)OCC(=O)N[C@@H](C)c1ccc(Cl)cc1Cl. The van der Waals surface area contributed by atoms with Gasteiger partial charge in [-0.3, -0.25) is 4.79 Å². The highest BCUT2D eigenvalue weighted by molar-refractivity contribution is 6.35. The van der Waals surface area contributed by atoms with E-state index in [1.807, 2.05) is 0 Å². The summed E-state index contributed by atoms with van der Waals surface area (Å²) in [4.78, 5) is 23.7. The van der Waals surface area contributed by atoms with Gasteiger partial charge in [-0.05, 0) is 37.6 Å². The summed E-state index contributed by atoms with van der Waals surface area (Å²) in [5.74, 6) is -0.599. The summed E-state index contributed by atoms with van der Waals surface area (Å²) in [5, 5.41) is 3.67. The lowest BCUT2D eigenvalue weighted by molar-refractivity contribution is -0.124. The van der Waals surface area contributed by atoms with Crippen molar-refractivity contribution in [3.8, 4) is 0 Å². The van der Waals surface area contributed by atoms with Gasteiger partial charge in [0.25, 0.3) is 5.91 Å². The molecule has 0 aliphatic heterocycles. The molecule has 0 bridgehead atoms. The summed E-state index contributed by atoms with van der Waals surface area (Å²) in [7, 11) is 0. The Morgan fingerprint density at radius 2 is 2.04 bits per heavy atom. The van der Waals surface area contributed by atoms with Gasteiger partial charge in [0.15, 0.2) is 6.61 Å². The number of furan rings is 1. The molecule has 5 nitrogen and oxygen atoms in total. The lowest BCUT2D eigenvalue weighted by atomic mass is 10.1. The predicted molar refractivity (Wildman–Crippen MR) is 86.7 cm³/mol. The first-order valence-corrected chi connectivity index (χ1v) is 7.59. The van der Waals surface area contributed by atoms with Gasteiger partial charge in [-0.15, -0.1) is 0 Å². The standard InChI is InChI=1S/C16H15Cl2NO4/c1-9(12-4-3-11(17)7-14(12)18)19-15(20)8-23-16(21)13-5-6-22-10(13)2/h3-7,9H,8H2,1-2H3,(H,19,20)/t9-/m0/s1. The number of carbonyl (C=O) groups excluding carboxylic acids is 2. The molecule has 23 heavy (non-hydrogen) atoms. The Morgan fingerprint density at radius 3 is 2.65 bits per heavy atom. The lowest BCUT2D eigenvalue weighted by Crippen LogP contribution is -2.31. The van der Waals surface area contributed by atoms with Crippen molar-refractivity contribution in [2.24, 2.45) is 0 Å². The van der Waals surface area contributed by atoms with Gasteiger partial charge < -0.3 is 14.5 Å². The van der Waals surface area contributed by atoms with E-state index < -0.39 is 11.9 Å². The fourth-order valence-electron chi connectivity index (χ4n) is 2.02. The van der Waals surface area contributed by atoms with E-state index in [-0.39, 0.29) is 12.6 Å². The van der Waals surface area contributed by atoms with Crippen LogP contribution in [0.4, 0.5) is 0 Å². The van der Waals surface area contributed by atoms with Gasteiger partial charge in [-0.1, -0.05) is 29.3 Å². The number of benzene rings is 1. The maximum absolute atomic E-state index is 11.9. The number of esters is 1. The van der Waals surface area contributed by atoms with E-state index in [1.165, 1.54) is 12.3 Å². The van der Waals surface area contributed by atoms with Crippen LogP contribution in [0.1, 0.15) is 34.6 Å². The zero-order valence-electron chi connectivity index (χ0n) is 12.6. The largest absolute Gasteiger partial charge is 0.469 e. The molecule has 0 aliphatic carbocycles. The van der Waals surface area contributed by atoms with Crippen molar-refractivity contribution < 1.29 is 18.7 Å². The van der Waals surface area contributed by atoms with E-state index in [2.05, 4.69) is 5.32 Å². The summed E-state index contributed by atoms with van der Waals surface area (Å²) in [6, 6.07) is 6.17. The first kappa shape index (κ1) is 17.4. The molecule has 0 aliphatic rings. The van der Waals surface area contributed by atoms with Crippen molar-refractivity contribution >= 4 is 35.1 Å². The predicted octanol–water partition coefficient (Wildman–Crippen LogP) is 3.93. The first-order chi connectivity index (χ1) is 10.9. The van der Waals surface area contributed by atoms with Crippen molar-refractivity contribution in [1.82, 2.24) is 5.32 Å². The summed E-state index contributed by atoms with van der Waals surface area (Å²) in [5.41, 5.74) is 1.02. The second-order valence-corrected chi connectivity index (χ2v) is 5.77. The molecule has 0 unspecified atom stereocenters. The van der Waals surface area contributed by atoms with Crippen LogP contribution >= 0.6 is 23.2 Å². The van der Waals surface area contributed by atoms with Gasteiger partial charge >= 0.3 is 5.97 Å². The average Bonchev–Trinajstić information content (AvgIpc) is 2.90. The molecule has 2 rings (SSSR count). The minimum absolute atomic E-state index is 0.298. The van der Waals surface area contributed by atoms with Crippen molar-refractivity contribution in [1.29, 1.82) is 0 Å². The van der Waals surface area contributed by atoms with Gasteiger partial charge in [-0.25, -0.2) is 4.79 Å².